The number of benzene rings is 3. The highest BCUT2D eigenvalue weighted by molar-refractivity contribution is 7.92. The summed E-state index contributed by atoms with van der Waals surface area (Å²) >= 11 is 0. The van der Waals surface area contributed by atoms with Gasteiger partial charge in [-0.15, -0.1) is 0 Å². The normalized spacial score (nSPS) is 10.9. The number of aryl methyl sites for hydroxylation is 1. The molecule has 31 heavy (non-hydrogen) atoms. The van der Waals surface area contributed by atoms with Crippen LogP contribution in [0.5, 0.6) is 11.5 Å². The first-order valence-corrected chi connectivity index (χ1v) is 11.0. The van der Waals surface area contributed by atoms with Crippen LogP contribution in [0.2, 0.25) is 0 Å². The Balaban J connectivity index is 1.62. The first kappa shape index (κ1) is 22.2. The number of nitrogens with one attached hydrogen (secondary N) is 1. The van der Waals surface area contributed by atoms with Gasteiger partial charge in [-0.05, 0) is 61.0 Å². The number of sulfonamides is 1. The van der Waals surface area contributed by atoms with Crippen LogP contribution < -0.4 is 19.1 Å². The molecule has 0 unspecified atom stereocenters. The van der Waals surface area contributed by atoms with Crippen molar-refractivity contribution in [1.29, 1.82) is 0 Å². The second kappa shape index (κ2) is 9.53. The van der Waals surface area contributed by atoms with Crippen LogP contribution in [-0.4, -0.2) is 35.1 Å². The zero-order valence-electron chi connectivity index (χ0n) is 17.5. The van der Waals surface area contributed by atoms with Crippen LogP contribution in [0, 0.1) is 6.92 Å². The number of methoxy groups -OCH3 is 1. The highest BCUT2D eigenvalue weighted by atomic mass is 32.2. The van der Waals surface area contributed by atoms with E-state index in [1.807, 2.05) is 19.1 Å². The highest BCUT2D eigenvalue weighted by Crippen LogP contribution is 2.26. The summed E-state index contributed by atoms with van der Waals surface area (Å²) in [5.41, 5.74) is 2.03. The summed E-state index contributed by atoms with van der Waals surface area (Å²) in [6.45, 7) is 1.72. The Labute approximate surface area is 182 Å². The molecular weight excluding hydrogens is 416 g/mol. The van der Waals surface area contributed by atoms with E-state index in [0.29, 0.717) is 22.9 Å². The van der Waals surface area contributed by atoms with Crippen LogP contribution in [0.3, 0.4) is 0 Å². The van der Waals surface area contributed by atoms with Crippen LogP contribution >= 0.6 is 0 Å². The van der Waals surface area contributed by atoms with E-state index in [9.17, 15) is 13.2 Å². The molecule has 8 heteroatoms. The summed E-state index contributed by atoms with van der Waals surface area (Å²) in [5.74, 6) is 0.670. The number of anilines is 2. The molecular formula is C23H24N2O5S. The molecule has 1 N–H and O–H groups in total. The van der Waals surface area contributed by atoms with Crippen molar-refractivity contribution in [2.24, 2.45) is 0 Å². The quantitative estimate of drug-likeness (QED) is 0.575. The molecule has 0 fully saturated rings. The number of hydrogen-bond acceptors (Lipinski definition) is 5. The summed E-state index contributed by atoms with van der Waals surface area (Å²) in [7, 11) is -0.637. The molecule has 3 aromatic rings. The Kier molecular flexibility index (Phi) is 6.81. The summed E-state index contributed by atoms with van der Waals surface area (Å²) in [6, 6.07) is 20.2. The van der Waals surface area contributed by atoms with Gasteiger partial charge in [0.1, 0.15) is 11.5 Å². The van der Waals surface area contributed by atoms with Gasteiger partial charge < -0.3 is 14.8 Å². The molecule has 1 amide bonds. The smallest absolute Gasteiger partial charge is 0.264 e. The largest absolute Gasteiger partial charge is 0.495 e. The molecule has 3 aromatic carbocycles. The second-order valence-corrected chi connectivity index (χ2v) is 8.79. The Morgan fingerprint density at radius 2 is 1.68 bits per heavy atom. The molecule has 0 aliphatic heterocycles. The lowest BCUT2D eigenvalue weighted by molar-refractivity contribution is -0.118. The predicted molar refractivity (Wildman–Crippen MR) is 120 cm³/mol. The van der Waals surface area contributed by atoms with Crippen molar-refractivity contribution in [3.05, 3.63) is 78.4 Å². The van der Waals surface area contributed by atoms with Crippen molar-refractivity contribution in [3.8, 4) is 11.5 Å². The SMILES string of the molecule is COc1ccc(C)cc1NC(=O)COc1ccc(N(C)S(=O)(=O)c2ccccc2)cc1. The average molecular weight is 441 g/mol. The number of rotatable bonds is 8. The van der Waals surface area contributed by atoms with E-state index in [4.69, 9.17) is 9.47 Å². The Morgan fingerprint density at radius 1 is 1.00 bits per heavy atom. The third-order valence-electron chi connectivity index (χ3n) is 4.60. The fourth-order valence-electron chi connectivity index (χ4n) is 2.90. The van der Waals surface area contributed by atoms with E-state index in [2.05, 4.69) is 5.32 Å². The van der Waals surface area contributed by atoms with Gasteiger partial charge in [0.05, 0.1) is 23.4 Å². The first-order chi connectivity index (χ1) is 14.8. The van der Waals surface area contributed by atoms with Crippen molar-refractivity contribution in [3.63, 3.8) is 0 Å². The standard InChI is InChI=1S/C23H24N2O5S/c1-17-9-14-22(29-3)21(15-17)24-23(26)16-30-19-12-10-18(11-13-19)25(2)31(27,28)20-7-5-4-6-8-20/h4-15H,16H2,1-3H3,(H,24,26). The zero-order chi connectivity index (χ0) is 22.4. The first-order valence-electron chi connectivity index (χ1n) is 9.52. The Hall–Kier alpha value is -3.52. The van der Waals surface area contributed by atoms with Gasteiger partial charge in [-0.25, -0.2) is 8.42 Å². The van der Waals surface area contributed by atoms with Gasteiger partial charge in [0.2, 0.25) is 0 Å². The van der Waals surface area contributed by atoms with Crippen molar-refractivity contribution < 1.29 is 22.7 Å². The lowest BCUT2D eigenvalue weighted by Gasteiger charge is -2.19. The number of hydrogen-bond donors (Lipinski definition) is 1. The van der Waals surface area contributed by atoms with Crippen LogP contribution in [0.15, 0.2) is 77.7 Å². The fraction of sp³-hybridized carbons (Fsp3) is 0.174. The van der Waals surface area contributed by atoms with E-state index in [-0.39, 0.29) is 17.4 Å². The molecule has 0 aliphatic rings. The molecule has 0 radical (unpaired) electrons. The maximum Gasteiger partial charge on any atom is 0.264 e. The predicted octanol–water partition coefficient (Wildman–Crippen LogP) is 3.85. The van der Waals surface area contributed by atoms with Crippen LogP contribution in [-0.2, 0) is 14.8 Å². The molecule has 0 aliphatic carbocycles. The lowest BCUT2D eigenvalue weighted by atomic mass is 10.2. The van der Waals surface area contributed by atoms with Gasteiger partial charge in [0, 0.05) is 7.05 Å². The van der Waals surface area contributed by atoms with Gasteiger partial charge in [-0.3, -0.25) is 9.10 Å². The monoisotopic (exact) mass is 440 g/mol. The zero-order valence-corrected chi connectivity index (χ0v) is 18.3. The average Bonchev–Trinajstić information content (AvgIpc) is 2.78. The van der Waals surface area contributed by atoms with Crippen molar-refractivity contribution >= 4 is 27.3 Å². The lowest BCUT2D eigenvalue weighted by Crippen LogP contribution is -2.26. The minimum absolute atomic E-state index is 0.200. The van der Waals surface area contributed by atoms with Gasteiger partial charge in [-0.2, -0.15) is 0 Å². The number of ether oxygens (including phenoxy) is 2. The van der Waals surface area contributed by atoms with E-state index < -0.39 is 10.0 Å². The van der Waals surface area contributed by atoms with Crippen molar-refractivity contribution in [2.45, 2.75) is 11.8 Å². The van der Waals surface area contributed by atoms with E-state index >= 15 is 0 Å². The van der Waals surface area contributed by atoms with Crippen LogP contribution in [0.1, 0.15) is 5.56 Å². The molecule has 0 atom stereocenters. The van der Waals surface area contributed by atoms with E-state index in [1.54, 1.807) is 60.7 Å². The summed E-state index contributed by atoms with van der Waals surface area (Å²) in [6.07, 6.45) is 0. The van der Waals surface area contributed by atoms with E-state index in [1.165, 1.54) is 18.5 Å². The number of carbonyl (C=O) groups is 1. The summed E-state index contributed by atoms with van der Waals surface area (Å²) in [5, 5.41) is 2.76. The topological polar surface area (TPSA) is 84.9 Å². The minimum Gasteiger partial charge on any atom is -0.495 e. The van der Waals surface area contributed by atoms with Crippen molar-refractivity contribution in [1.82, 2.24) is 0 Å². The minimum atomic E-state index is -3.66. The van der Waals surface area contributed by atoms with Gasteiger partial charge in [0.15, 0.2) is 6.61 Å². The number of carbonyl (C=O) groups excluding carboxylic acids is 1. The maximum absolute atomic E-state index is 12.7. The Bertz CT molecular complexity index is 1150. The highest BCUT2D eigenvalue weighted by Gasteiger charge is 2.20. The van der Waals surface area contributed by atoms with Gasteiger partial charge in [0.25, 0.3) is 15.9 Å². The molecule has 0 spiro atoms. The van der Waals surface area contributed by atoms with E-state index in [0.717, 1.165) is 5.56 Å². The maximum atomic E-state index is 12.7. The van der Waals surface area contributed by atoms with Crippen LogP contribution in [0.25, 0.3) is 0 Å². The van der Waals surface area contributed by atoms with Gasteiger partial charge in [-0.1, -0.05) is 24.3 Å². The molecule has 0 aromatic heterocycles. The molecule has 0 heterocycles. The van der Waals surface area contributed by atoms with Crippen LogP contribution in [0.4, 0.5) is 11.4 Å². The Morgan fingerprint density at radius 3 is 2.32 bits per heavy atom. The summed E-state index contributed by atoms with van der Waals surface area (Å²) < 4.78 is 37.4. The molecule has 0 bridgehead atoms. The molecule has 0 saturated heterocycles. The molecule has 3 rings (SSSR count). The fourth-order valence-corrected chi connectivity index (χ4v) is 4.11. The third-order valence-corrected chi connectivity index (χ3v) is 6.40. The molecule has 162 valence electrons. The second-order valence-electron chi connectivity index (χ2n) is 6.82. The molecule has 7 nitrogen and oxygen atoms in total. The third kappa shape index (κ3) is 5.35. The number of amides is 1. The molecule has 0 saturated carbocycles. The van der Waals surface area contributed by atoms with Crippen molar-refractivity contribution in [2.75, 3.05) is 30.4 Å². The number of nitrogens with zero attached hydrogens (tertiary/aromatic N) is 1. The summed E-state index contributed by atoms with van der Waals surface area (Å²) in [4.78, 5) is 12.5. The van der Waals surface area contributed by atoms with Gasteiger partial charge >= 0.3 is 0 Å².